The molecule has 0 aliphatic carbocycles. The lowest BCUT2D eigenvalue weighted by atomic mass is 9.93. The van der Waals surface area contributed by atoms with E-state index in [1.54, 1.807) is 12.1 Å². The third-order valence-corrected chi connectivity index (χ3v) is 3.62. The first-order chi connectivity index (χ1) is 10.1. The van der Waals surface area contributed by atoms with Crippen molar-refractivity contribution < 1.29 is 27.8 Å². The summed E-state index contributed by atoms with van der Waals surface area (Å²) in [5.74, 6) is 0.230. The molecular formula is C14H15F2NO4. The summed E-state index contributed by atoms with van der Waals surface area (Å²) in [5, 5.41) is 4.10. The van der Waals surface area contributed by atoms with Crippen LogP contribution in [0.2, 0.25) is 0 Å². The van der Waals surface area contributed by atoms with E-state index >= 15 is 0 Å². The average molecular weight is 299 g/mol. The molecule has 0 aromatic heterocycles. The van der Waals surface area contributed by atoms with E-state index in [2.05, 4.69) is 9.89 Å². The van der Waals surface area contributed by atoms with Crippen molar-refractivity contribution in [3.63, 3.8) is 0 Å². The SMILES string of the molecule is COc1cc(C2=NO[C@]3(CCOC3)C2)ccc1OC(F)F. The third-order valence-electron chi connectivity index (χ3n) is 3.62. The number of alkyl halides is 2. The van der Waals surface area contributed by atoms with Gasteiger partial charge < -0.3 is 19.0 Å². The summed E-state index contributed by atoms with van der Waals surface area (Å²) in [6, 6.07) is 4.73. The molecule has 0 unspecified atom stereocenters. The number of methoxy groups -OCH3 is 1. The van der Waals surface area contributed by atoms with Gasteiger partial charge in [0, 0.05) is 18.4 Å². The van der Waals surface area contributed by atoms with Gasteiger partial charge in [-0.2, -0.15) is 8.78 Å². The molecule has 0 amide bonds. The van der Waals surface area contributed by atoms with Crippen molar-refractivity contribution in [1.29, 1.82) is 0 Å². The highest BCUT2D eigenvalue weighted by Crippen LogP contribution is 2.36. The quantitative estimate of drug-likeness (QED) is 0.857. The summed E-state index contributed by atoms with van der Waals surface area (Å²) in [7, 11) is 1.40. The number of ether oxygens (including phenoxy) is 3. The highest BCUT2D eigenvalue weighted by molar-refractivity contribution is 6.02. The fourth-order valence-corrected chi connectivity index (χ4v) is 2.52. The Balaban J connectivity index is 1.80. The fraction of sp³-hybridized carbons (Fsp3) is 0.500. The van der Waals surface area contributed by atoms with Crippen molar-refractivity contribution in [1.82, 2.24) is 0 Å². The predicted molar refractivity (Wildman–Crippen MR) is 70.0 cm³/mol. The van der Waals surface area contributed by atoms with Crippen LogP contribution in [0.25, 0.3) is 0 Å². The van der Waals surface area contributed by atoms with Gasteiger partial charge in [0.05, 0.1) is 26.0 Å². The topological polar surface area (TPSA) is 49.3 Å². The largest absolute Gasteiger partial charge is 0.493 e. The minimum Gasteiger partial charge on any atom is -0.493 e. The van der Waals surface area contributed by atoms with Gasteiger partial charge in [-0.3, -0.25) is 0 Å². The summed E-state index contributed by atoms with van der Waals surface area (Å²) in [4.78, 5) is 5.51. The van der Waals surface area contributed by atoms with Crippen LogP contribution >= 0.6 is 0 Å². The second-order valence-corrected chi connectivity index (χ2v) is 5.04. The van der Waals surface area contributed by atoms with Gasteiger partial charge in [0.15, 0.2) is 17.1 Å². The number of halogens is 2. The Labute approximate surface area is 120 Å². The molecule has 5 nitrogen and oxygen atoms in total. The van der Waals surface area contributed by atoms with Gasteiger partial charge >= 0.3 is 6.61 Å². The van der Waals surface area contributed by atoms with Crippen LogP contribution in [-0.2, 0) is 9.57 Å². The van der Waals surface area contributed by atoms with E-state index in [9.17, 15) is 8.78 Å². The number of rotatable bonds is 4. The zero-order valence-corrected chi connectivity index (χ0v) is 11.5. The molecule has 1 spiro atoms. The van der Waals surface area contributed by atoms with E-state index in [-0.39, 0.29) is 17.1 Å². The average Bonchev–Trinajstić information content (AvgIpc) is 3.09. The Kier molecular flexibility index (Phi) is 3.67. The Bertz CT molecular complexity index is 556. The summed E-state index contributed by atoms with van der Waals surface area (Å²) < 4.78 is 39.4. The first kappa shape index (κ1) is 14.1. The van der Waals surface area contributed by atoms with Crippen molar-refractivity contribution in [2.24, 2.45) is 5.16 Å². The smallest absolute Gasteiger partial charge is 0.387 e. The highest BCUT2D eigenvalue weighted by Gasteiger charge is 2.43. The zero-order valence-electron chi connectivity index (χ0n) is 11.5. The van der Waals surface area contributed by atoms with Gasteiger partial charge in [0.1, 0.15) is 0 Å². The van der Waals surface area contributed by atoms with Gasteiger partial charge in [0.25, 0.3) is 0 Å². The molecule has 114 valence electrons. The van der Waals surface area contributed by atoms with E-state index < -0.39 is 6.61 Å². The lowest BCUT2D eigenvalue weighted by Crippen LogP contribution is -2.29. The Hall–Kier alpha value is -1.89. The molecule has 1 atom stereocenters. The third kappa shape index (κ3) is 2.78. The maximum Gasteiger partial charge on any atom is 0.387 e. The van der Waals surface area contributed by atoms with Gasteiger partial charge in [-0.25, -0.2) is 0 Å². The maximum atomic E-state index is 12.3. The second kappa shape index (κ2) is 5.48. The number of hydrogen-bond donors (Lipinski definition) is 0. The maximum absolute atomic E-state index is 12.3. The van der Waals surface area contributed by atoms with Crippen molar-refractivity contribution in [2.75, 3.05) is 20.3 Å². The standard InChI is InChI=1S/C14H15F2NO4/c1-18-12-6-9(2-3-11(12)20-13(15)16)10-7-14(21-17-10)4-5-19-8-14/h2-3,6,13H,4-5,7-8H2,1H3/t14-/m1/s1. The van der Waals surface area contributed by atoms with Gasteiger partial charge in [0.2, 0.25) is 0 Å². The molecule has 1 aromatic rings. The molecular weight excluding hydrogens is 284 g/mol. The first-order valence-electron chi connectivity index (χ1n) is 6.58. The van der Waals surface area contributed by atoms with E-state index in [1.165, 1.54) is 13.2 Å². The molecule has 21 heavy (non-hydrogen) atoms. The summed E-state index contributed by atoms with van der Waals surface area (Å²) in [5.41, 5.74) is 1.14. The molecule has 0 bridgehead atoms. The van der Waals surface area contributed by atoms with Crippen LogP contribution < -0.4 is 9.47 Å². The molecule has 2 aliphatic heterocycles. The van der Waals surface area contributed by atoms with Gasteiger partial charge in [-0.15, -0.1) is 0 Å². The molecule has 1 saturated heterocycles. The number of oxime groups is 1. The van der Waals surface area contributed by atoms with Gasteiger partial charge in [-0.1, -0.05) is 5.16 Å². The van der Waals surface area contributed by atoms with Crippen molar-refractivity contribution in [3.05, 3.63) is 23.8 Å². The van der Waals surface area contributed by atoms with Crippen molar-refractivity contribution >= 4 is 5.71 Å². The van der Waals surface area contributed by atoms with Crippen LogP contribution in [0.4, 0.5) is 8.78 Å². The number of hydrogen-bond acceptors (Lipinski definition) is 5. The molecule has 3 rings (SSSR count). The minimum absolute atomic E-state index is 0.00493. The Morgan fingerprint density at radius 2 is 2.19 bits per heavy atom. The van der Waals surface area contributed by atoms with Crippen LogP contribution in [0.15, 0.2) is 23.4 Å². The van der Waals surface area contributed by atoms with Crippen LogP contribution in [0.5, 0.6) is 11.5 Å². The van der Waals surface area contributed by atoms with Crippen molar-refractivity contribution in [2.45, 2.75) is 25.1 Å². The molecule has 1 fully saturated rings. The van der Waals surface area contributed by atoms with Crippen molar-refractivity contribution in [3.8, 4) is 11.5 Å². The summed E-state index contributed by atoms with van der Waals surface area (Å²) in [6.45, 7) is -1.72. The Morgan fingerprint density at radius 3 is 2.86 bits per heavy atom. The van der Waals surface area contributed by atoms with Gasteiger partial charge in [-0.05, 0) is 18.2 Å². The highest BCUT2D eigenvalue weighted by atomic mass is 19.3. The lowest BCUT2D eigenvalue weighted by Gasteiger charge is -2.17. The van der Waals surface area contributed by atoms with Crippen LogP contribution in [0.1, 0.15) is 18.4 Å². The lowest BCUT2D eigenvalue weighted by molar-refractivity contribution is -0.0512. The molecule has 2 heterocycles. The molecule has 1 aromatic carbocycles. The van der Waals surface area contributed by atoms with E-state index in [0.29, 0.717) is 19.6 Å². The van der Waals surface area contributed by atoms with Crippen LogP contribution in [-0.4, -0.2) is 38.2 Å². The van der Waals surface area contributed by atoms with Crippen LogP contribution in [0, 0.1) is 0 Å². The number of nitrogens with zero attached hydrogens (tertiary/aromatic N) is 1. The normalized spacial score (nSPS) is 24.3. The molecule has 0 radical (unpaired) electrons. The Morgan fingerprint density at radius 1 is 1.33 bits per heavy atom. The number of benzene rings is 1. The second-order valence-electron chi connectivity index (χ2n) is 5.04. The van der Waals surface area contributed by atoms with E-state index in [4.69, 9.17) is 14.3 Å². The summed E-state index contributed by atoms with van der Waals surface area (Å²) in [6.07, 6.45) is 1.43. The zero-order chi connectivity index (χ0) is 14.9. The van der Waals surface area contributed by atoms with Crippen LogP contribution in [0.3, 0.4) is 0 Å². The minimum atomic E-state index is -2.89. The molecule has 7 heteroatoms. The molecule has 2 aliphatic rings. The molecule has 0 saturated carbocycles. The van der Waals surface area contributed by atoms with E-state index in [1.807, 2.05) is 0 Å². The molecule has 0 N–H and O–H groups in total. The fourth-order valence-electron chi connectivity index (χ4n) is 2.52. The van der Waals surface area contributed by atoms with E-state index in [0.717, 1.165) is 17.7 Å². The predicted octanol–water partition coefficient (Wildman–Crippen LogP) is 2.58. The summed E-state index contributed by atoms with van der Waals surface area (Å²) >= 11 is 0. The monoisotopic (exact) mass is 299 g/mol. The first-order valence-corrected chi connectivity index (χ1v) is 6.58.